The van der Waals surface area contributed by atoms with Crippen LogP contribution in [0.15, 0.2) is 0 Å². The predicted octanol–water partition coefficient (Wildman–Crippen LogP) is 2.53. The lowest BCUT2D eigenvalue weighted by Crippen LogP contribution is -2.51. The van der Waals surface area contributed by atoms with Crippen molar-refractivity contribution in [3.05, 3.63) is 0 Å². The SMILES string of the molecule is CC[C@@H](N)CNCC12CC3CC(CC(C3)C1)C2. The number of nitrogens with two attached hydrogens (primary N) is 1. The Morgan fingerprint density at radius 2 is 1.65 bits per heavy atom. The molecule has 0 aromatic carbocycles. The highest BCUT2D eigenvalue weighted by Crippen LogP contribution is 2.59. The molecule has 98 valence electrons. The largest absolute Gasteiger partial charge is 0.327 e. The second-order valence-electron chi connectivity index (χ2n) is 7.22. The van der Waals surface area contributed by atoms with E-state index in [1.807, 2.05) is 0 Å². The van der Waals surface area contributed by atoms with Crippen LogP contribution in [-0.2, 0) is 0 Å². The zero-order valence-corrected chi connectivity index (χ0v) is 11.3. The molecule has 0 aliphatic heterocycles. The van der Waals surface area contributed by atoms with E-state index in [-0.39, 0.29) is 0 Å². The van der Waals surface area contributed by atoms with Crippen LogP contribution >= 0.6 is 0 Å². The second-order valence-corrected chi connectivity index (χ2v) is 7.22. The molecular formula is C15H28N2. The van der Waals surface area contributed by atoms with E-state index >= 15 is 0 Å². The maximum absolute atomic E-state index is 5.99. The normalized spacial score (nSPS) is 45.2. The van der Waals surface area contributed by atoms with Gasteiger partial charge in [-0.2, -0.15) is 0 Å². The molecule has 3 N–H and O–H groups in total. The lowest BCUT2D eigenvalue weighted by atomic mass is 9.49. The van der Waals surface area contributed by atoms with Gasteiger partial charge in [-0.25, -0.2) is 0 Å². The first-order chi connectivity index (χ1) is 8.19. The third-order valence-electron chi connectivity index (χ3n) is 5.60. The van der Waals surface area contributed by atoms with Gasteiger partial charge in [0.1, 0.15) is 0 Å². The molecule has 0 radical (unpaired) electrons. The molecule has 0 aromatic rings. The first kappa shape index (κ1) is 12.0. The fourth-order valence-corrected chi connectivity index (χ4v) is 5.17. The first-order valence-corrected chi connectivity index (χ1v) is 7.65. The van der Waals surface area contributed by atoms with E-state index in [1.165, 1.54) is 25.8 Å². The zero-order chi connectivity index (χ0) is 11.9. The average molecular weight is 236 g/mol. The van der Waals surface area contributed by atoms with E-state index < -0.39 is 0 Å². The predicted molar refractivity (Wildman–Crippen MR) is 71.7 cm³/mol. The molecule has 0 saturated heterocycles. The van der Waals surface area contributed by atoms with Gasteiger partial charge in [0.15, 0.2) is 0 Å². The molecule has 4 bridgehead atoms. The summed E-state index contributed by atoms with van der Waals surface area (Å²) in [5, 5.41) is 3.67. The Morgan fingerprint density at radius 1 is 1.12 bits per heavy atom. The molecule has 2 nitrogen and oxygen atoms in total. The van der Waals surface area contributed by atoms with Gasteiger partial charge in [-0.3, -0.25) is 0 Å². The first-order valence-electron chi connectivity index (χ1n) is 7.65. The van der Waals surface area contributed by atoms with Gasteiger partial charge >= 0.3 is 0 Å². The fourth-order valence-electron chi connectivity index (χ4n) is 5.17. The summed E-state index contributed by atoms with van der Waals surface area (Å²) in [7, 11) is 0. The van der Waals surface area contributed by atoms with Gasteiger partial charge in [-0.05, 0) is 68.1 Å². The summed E-state index contributed by atoms with van der Waals surface area (Å²) in [6.07, 6.45) is 10.3. The molecule has 2 heteroatoms. The molecule has 0 unspecified atom stereocenters. The van der Waals surface area contributed by atoms with Crippen LogP contribution < -0.4 is 11.1 Å². The molecule has 0 spiro atoms. The van der Waals surface area contributed by atoms with E-state index in [0.717, 1.165) is 30.7 Å². The van der Waals surface area contributed by atoms with Crippen molar-refractivity contribution in [2.24, 2.45) is 28.9 Å². The van der Waals surface area contributed by atoms with Gasteiger partial charge in [0.2, 0.25) is 0 Å². The third kappa shape index (κ3) is 2.39. The van der Waals surface area contributed by atoms with Gasteiger partial charge in [0, 0.05) is 19.1 Å². The van der Waals surface area contributed by atoms with E-state index in [9.17, 15) is 0 Å². The van der Waals surface area contributed by atoms with Gasteiger partial charge in [0.05, 0.1) is 0 Å². The molecule has 4 fully saturated rings. The molecule has 0 aromatic heterocycles. The van der Waals surface area contributed by atoms with Gasteiger partial charge in [-0.1, -0.05) is 6.92 Å². The summed E-state index contributed by atoms with van der Waals surface area (Å²) in [5.74, 6) is 3.22. The van der Waals surface area contributed by atoms with Crippen LogP contribution in [-0.4, -0.2) is 19.1 Å². The Labute approximate surface area is 106 Å². The van der Waals surface area contributed by atoms with Crippen LogP contribution in [0.25, 0.3) is 0 Å². The maximum atomic E-state index is 5.99. The Balaban J connectivity index is 1.55. The Bertz CT molecular complexity index is 239. The summed E-state index contributed by atoms with van der Waals surface area (Å²) < 4.78 is 0. The topological polar surface area (TPSA) is 38.0 Å². The molecule has 17 heavy (non-hydrogen) atoms. The quantitative estimate of drug-likeness (QED) is 0.770. The van der Waals surface area contributed by atoms with Crippen LogP contribution in [0.4, 0.5) is 0 Å². The molecule has 4 aliphatic rings. The summed E-state index contributed by atoms with van der Waals surface area (Å²) in [6, 6.07) is 0.351. The molecule has 4 rings (SSSR count). The Hall–Kier alpha value is -0.0800. The van der Waals surface area contributed by atoms with E-state index in [2.05, 4.69) is 12.2 Å². The lowest BCUT2D eigenvalue weighted by Gasteiger charge is -2.57. The van der Waals surface area contributed by atoms with Crippen LogP contribution in [0.3, 0.4) is 0 Å². The van der Waals surface area contributed by atoms with E-state index in [0.29, 0.717) is 11.5 Å². The highest BCUT2D eigenvalue weighted by molar-refractivity contribution is 5.02. The molecular weight excluding hydrogens is 208 g/mol. The standard InChI is InChI=1S/C15H28N2/c1-2-14(16)9-17-10-15-6-11-3-12(7-15)5-13(4-11)8-15/h11-14,17H,2-10,16H2,1H3/t11?,12?,13?,14-,15?/m1/s1. The minimum Gasteiger partial charge on any atom is -0.327 e. The van der Waals surface area contributed by atoms with Crippen molar-refractivity contribution in [1.29, 1.82) is 0 Å². The van der Waals surface area contributed by atoms with Crippen molar-refractivity contribution < 1.29 is 0 Å². The van der Waals surface area contributed by atoms with E-state index in [4.69, 9.17) is 5.73 Å². The minimum absolute atomic E-state index is 0.351. The van der Waals surface area contributed by atoms with Crippen molar-refractivity contribution >= 4 is 0 Å². The van der Waals surface area contributed by atoms with Crippen LogP contribution in [0.2, 0.25) is 0 Å². The third-order valence-corrected chi connectivity index (χ3v) is 5.60. The monoisotopic (exact) mass is 236 g/mol. The highest BCUT2D eigenvalue weighted by atomic mass is 14.9. The van der Waals surface area contributed by atoms with Crippen molar-refractivity contribution in [2.45, 2.75) is 57.9 Å². The fraction of sp³-hybridized carbons (Fsp3) is 1.00. The van der Waals surface area contributed by atoms with Crippen LogP contribution in [0, 0.1) is 23.2 Å². The number of hydrogen-bond acceptors (Lipinski definition) is 2. The Morgan fingerprint density at radius 3 is 2.12 bits per heavy atom. The van der Waals surface area contributed by atoms with Crippen LogP contribution in [0.5, 0.6) is 0 Å². The maximum Gasteiger partial charge on any atom is 0.0162 e. The van der Waals surface area contributed by atoms with E-state index in [1.54, 1.807) is 19.3 Å². The summed E-state index contributed by atoms with van der Waals surface area (Å²) in [6.45, 7) is 4.43. The molecule has 0 amide bonds. The van der Waals surface area contributed by atoms with Gasteiger partial charge < -0.3 is 11.1 Å². The second kappa shape index (κ2) is 4.55. The number of hydrogen-bond donors (Lipinski definition) is 2. The zero-order valence-electron chi connectivity index (χ0n) is 11.3. The summed E-state index contributed by atoms with van der Waals surface area (Å²) in [5.41, 5.74) is 6.66. The molecule has 4 aliphatic carbocycles. The van der Waals surface area contributed by atoms with Crippen molar-refractivity contribution in [3.8, 4) is 0 Å². The minimum atomic E-state index is 0.351. The lowest BCUT2D eigenvalue weighted by molar-refractivity contribution is -0.0513. The highest BCUT2D eigenvalue weighted by Gasteiger charge is 2.50. The van der Waals surface area contributed by atoms with Crippen molar-refractivity contribution in [3.63, 3.8) is 0 Å². The number of nitrogens with one attached hydrogen (secondary N) is 1. The molecule has 4 saturated carbocycles. The summed E-state index contributed by atoms with van der Waals surface area (Å²) >= 11 is 0. The van der Waals surface area contributed by atoms with Crippen molar-refractivity contribution in [1.82, 2.24) is 5.32 Å². The number of rotatable bonds is 5. The molecule has 0 heterocycles. The van der Waals surface area contributed by atoms with Gasteiger partial charge in [-0.15, -0.1) is 0 Å². The van der Waals surface area contributed by atoms with Gasteiger partial charge in [0.25, 0.3) is 0 Å². The smallest absolute Gasteiger partial charge is 0.0162 e. The molecule has 1 atom stereocenters. The summed E-state index contributed by atoms with van der Waals surface area (Å²) in [4.78, 5) is 0. The van der Waals surface area contributed by atoms with Crippen LogP contribution in [0.1, 0.15) is 51.9 Å². The van der Waals surface area contributed by atoms with Crippen molar-refractivity contribution in [2.75, 3.05) is 13.1 Å². The Kier molecular flexibility index (Phi) is 3.20. The average Bonchev–Trinajstić information content (AvgIpc) is 2.26.